The zero-order valence-corrected chi connectivity index (χ0v) is 17.6. The van der Waals surface area contributed by atoms with Crippen LogP contribution in [0.2, 0.25) is 0 Å². The molecule has 10 nitrogen and oxygen atoms in total. The topological polar surface area (TPSA) is 124 Å². The highest BCUT2D eigenvalue weighted by molar-refractivity contribution is 5.95. The summed E-state index contributed by atoms with van der Waals surface area (Å²) in [6.45, 7) is -0.114. The number of imidazole rings is 1. The Morgan fingerprint density at radius 2 is 2.00 bits per heavy atom. The molecular weight excluding hydrogens is 471 g/mol. The monoisotopic (exact) mass is 490 g/mol. The molecule has 34 heavy (non-hydrogen) atoms. The Balaban J connectivity index is 1.56. The highest BCUT2D eigenvalue weighted by Gasteiger charge is 2.37. The van der Waals surface area contributed by atoms with Gasteiger partial charge in [0.15, 0.2) is 12.3 Å². The van der Waals surface area contributed by atoms with Gasteiger partial charge >= 0.3 is 6.18 Å². The molecule has 3 aromatic heterocycles. The number of carbonyl (C=O) groups excluding carboxylic acids is 2. The molecule has 3 heterocycles. The number of nitrogens with one attached hydrogen (secondary N) is 2. The SMILES string of the molecule is CC(CC(=O)NCc1cnn2cc(CNC(=O)c3conc3OCC(F)F)nc2c1)C(F)(F)F. The number of ether oxygens (including phenoxy) is 1. The van der Waals surface area contributed by atoms with Crippen molar-refractivity contribution in [3.05, 3.63) is 41.5 Å². The second kappa shape index (κ2) is 10.4. The van der Waals surface area contributed by atoms with Crippen molar-refractivity contribution in [2.75, 3.05) is 6.61 Å². The van der Waals surface area contributed by atoms with Crippen molar-refractivity contribution in [2.24, 2.45) is 5.92 Å². The molecule has 15 heteroatoms. The van der Waals surface area contributed by atoms with E-state index >= 15 is 0 Å². The Labute approximate surface area is 188 Å². The van der Waals surface area contributed by atoms with Crippen LogP contribution in [-0.4, -0.2) is 50.8 Å². The molecule has 1 atom stereocenters. The summed E-state index contributed by atoms with van der Waals surface area (Å²) in [6.07, 6.45) is -4.00. The second-order valence-corrected chi connectivity index (χ2v) is 7.24. The van der Waals surface area contributed by atoms with Crippen molar-refractivity contribution in [3.63, 3.8) is 0 Å². The first-order chi connectivity index (χ1) is 16.0. The summed E-state index contributed by atoms with van der Waals surface area (Å²) < 4.78 is 72.9. The number of rotatable bonds is 10. The number of nitrogens with zero attached hydrogens (tertiary/aromatic N) is 4. The summed E-state index contributed by atoms with van der Waals surface area (Å²) in [5.41, 5.74) is 1.10. The van der Waals surface area contributed by atoms with E-state index < -0.39 is 43.4 Å². The van der Waals surface area contributed by atoms with Gasteiger partial charge in [-0.3, -0.25) is 9.59 Å². The Bertz CT molecular complexity index is 1150. The molecule has 1 unspecified atom stereocenters. The van der Waals surface area contributed by atoms with Crippen molar-refractivity contribution in [1.82, 2.24) is 30.4 Å². The Hall–Kier alpha value is -3.78. The third-order valence-electron chi connectivity index (χ3n) is 4.52. The van der Waals surface area contributed by atoms with E-state index in [2.05, 4.69) is 30.4 Å². The normalized spacial score (nSPS) is 12.7. The predicted octanol–water partition coefficient (Wildman–Crippen LogP) is 2.50. The van der Waals surface area contributed by atoms with Crippen LogP contribution in [0.25, 0.3) is 5.65 Å². The first-order valence-electron chi connectivity index (χ1n) is 9.83. The maximum Gasteiger partial charge on any atom is 0.392 e. The van der Waals surface area contributed by atoms with Gasteiger partial charge in [-0.15, -0.1) is 0 Å². The molecule has 0 spiro atoms. The van der Waals surface area contributed by atoms with Gasteiger partial charge in [0.25, 0.3) is 18.2 Å². The summed E-state index contributed by atoms with van der Waals surface area (Å²) in [4.78, 5) is 28.3. The Morgan fingerprint density at radius 3 is 2.71 bits per heavy atom. The van der Waals surface area contributed by atoms with Gasteiger partial charge in [0.1, 0.15) is 11.8 Å². The van der Waals surface area contributed by atoms with Crippen molar-refractivity contribution in [2.45, 2.75) is 39.0 Å². The number of hydrogen-bond donors (Lipinski definition) is 2. The maximum atomic E-state index is 12.6. The number of alkyl halides is 5. The van der Waals surface area contributed by atoms with Gasteiger partial charge < -0.3 is 19.9 Å². The maximum absolute atomic E-state index is 12.6. The lowest BCUT2D eigenvalue weighted by atomic mass is 10.1. The van der Waals surface area contributed by atoms with Gasteiger partial charge in [-0.1, -0.05) is 6.92 Å². The molecule has 2 amide bonds. The predicted molar refractivity (Wildman–Crippen MR) is 104 cm³/mol. The fraction of sp³-hybridized carbons (Fsp3) is 0.421. The number of carbonyl (C=O) groups is 2. The molecule has 0 aliphatic carbocycles. The minimum absolute atomic E-state index is 0.0409. The summed E-state index contributed by atoms with van der Waals surface area (Å²) in [5.74, 6) is -3.57. The van der Waals surface area contributed by atoms with E-state index in [1.54, 1.807) is 6.07 Å². The van der Waals surface area contributed by atoms with Gasteiger partial charge in [0.2, 0.25) is 5.91 Å². The number of aromatic nitrogens is 4. The molecule has 0 fully saturated rings. The Morgan fingerprint density at radius 1 is 1.24 bits per heavy atom. The van der Waals surface area contributed by atoms with Crippen molar-refractivity contribution >= 4 is 17.5 Å². The standard InChI is InChI=1S/C19H19F5N6O4/c1-10(19(22,23)24)2-16(31)25-4-11-3-15-28-12(7-30(15)27-5-11)6-26-17(32)13-8-34-29-18(13)33-9-14(20)21/h3,5,7-8,10,14H,2,4,6,9H2,1H3,(H,25,31)(H,26,32). The Kier molecular flexibility index (Phi) is 7.63. The average Bonchev–Trinajstić information content (AvgIpc) is 3.40. The lowest BCUT2D eigenvalue weighted by Gasteiger charge is -2.14. The molecule has 184 valence electrons. The molecule has 3 aromatic rings. The number of halogens is 5. The molecule has 0 radical (unpaired) electrons. The van der Waals surface area contributed by atoms with E-state index in [9.17, 15) is 31.5 Å². The van der Waals surface area contributed by atoms with Gasteiger partial charge in [-0.2, -0.15) is 18.3 Å². The second-order valence-electron chi connectivity index (χ2n) is 7.24. The molecule has 0 aliphatic rings. The fourth-order valence-corrected chi connectivity index (χ4v) is 2.70. The quantitative estimate of drug-likeness (QED) is 0.419. The summed E-state index contributed by atoms with van der Waals surface area (Å²) in [5, 5.41) is 12.4. The molecule has 0 saturated heterocycles. The summed E-state index contributed by atoms with van der Waals surface area (Å²) in [6, 6.07) is 1.57. The fourth-order valence-electron chi connectivity index (χ4n) is 2.70. The van der Waals surface area contributed by atoms with Crippen LogP contribution >= 0.6 is 0 Å². The van der Waals surface area contributed by atoms with Crippen LogP contribution in [-0.2, 0) is 17.9 Å². The number of amides is 2. The lowest BCUT2D eigenvalue weighted by Crippen LogP contribution is -2.29. The van der Waals surface area contributed by atoms with Crippen molar-refractivity contribution in [1.29, 1.82) is 0 Å². The van der Waals surface area contributed by atoms with Crippen LogP contribution in [0, 0.1) is 5.92 Å². The van der Waals surface area contributed by atoms with Crippen LogP contribution in [0.15, 0.2) is 29.2 Å². The highest BCUT2D eigenvalue weighted by atomic mass is 19.4. The van der Waals surface area contributed by atoms with E-state index in [4.69, 9.17) is 4.74 Å². The molecule has 2 N–H and O–H groups in total. The van der Waals surface area contributed by atoms with Gasteiger partial charge in [0, 0.05) is 13.0 Å². The minimum Gasteiger partial charge on any atom is -0.469 e. The van der Waals surface area contributed by atoms with Crippen LogP contribution in [0.1, 0.15) is 35.0 Å². The van der Waals surface area contributed by atoms with E-state index in [-0.39, 0.29) is 24.5 Å². The first kappa shape index (κ1) is 24.9. The van der Waals surface area contributed by atoms with Crippen LogP contribution < -0.4 is 15.4 Å². The first-order valence-corrected chi connectivity index (χ1v) is 9.83. The third-order valence-corrected chi connectivity index (χ3v) is 4.52. The largest absolute Gasteiger partial charge is 0.469 e. The smallest absolute Gasteiger partial charge is 0.392 e. The van der Waals surface area contributed by atoms with Crippen LogP contribution in [0.5, 0.6) is 5.88 Å². The third kappa shape index (κ3) is 6.62. The zero-order chi connectivity index (χ0) is 24.9. The zero-order valence-electron chi connectivity index (χ0n) is 17.6. The molecule has 0 bridgehead atoms. The van der Waals surface area contributed by atoms with Gasteiger partial charge in [0.05, 0.1) is 30.6 Å². The molecule has 0 aromatic carbocycles. The van der Waals surface area contributed by atoms with Crippen LogP contribution in [0.3, 0.4) is 0 Å². The molecule has 0 saturated carbocycles. The van der Waals surface area contributed by atoms with Crippen LogP contribution in [0.4, 0.5) is 22.0 Å². The minimum atomic E-state index is -4.45. The number of fused-ring (bicyclic) bond motifs is 1. The number of hydrogen-bond acceptors (Lipinski definition) is 7. The summed E-state index contributed by atoms with van der Waals surface area (Å²) >= 11 is 0. The molecular formula is C19H19F5N6O4. The molecule has 3 rings (SSSR count). The van der Waals surface area contributed by atoms with Crippen molar-refractivity contribution < 1.29 is 40.8 Å². The van der Waals surface area contributed by atoms with E-state index in [1.165, 1.54) is 16.9 Å². The summed E-state index contributed by atoms with van der Waals surface area (Å²) in [7, 11) is 0. The highest BCUT2D eigenvalue weighted by Crippen LogP contribution is 2.28. The van der Waals surface area contributed by atoms with Crippen molar-refractivity contribution in [3.8, 4) is 5.88 Å². The van der Waals surface area contributed by atoms with E-state index in [0.717, 1.165) is 13.2 Å². The molecule has 0 aliphatic heterocycles. The van der Waals surface area contributed by atoms with E-state index in [1.807, 2.05) is 0 Å². The van der Waals surface area contributed by atoms with E-state index in [0.29, 0.717) is 16.9 Å². The van der Waals surface area contributed by atoms with Gasteiger partial charge in [-0.05, 0) is 16.8 Å². The van der Waals surface area contributed by atoms with Gasteiger partial charge in [-0.25, -0.2) is 18.3 Å². The lowest BCUT2D eigenvalue weighted by molar-refractivity contribution is -0.174. The average molecular weight is 490 g/mol.